The molecule has 0 saturated carbocycles. The number of halogens is 3. The Balaban J connectivity index is 2.38. The van der Waals surface area contributed by atoms with E-state index in [1.54, 1.807) is 13.8 Å². The third kappa shape index (κ3) is 4.20. The molecule has 0 atom stereocenters. The molecular formula is C18H17F3N2O3. The van der Waals surface area contributed by atoms with Gasteiger partial charge in [-0.1, -0.05) is 6.07 Å². The van der Waals surface area contributed by atoms with Crippen LogP contribution in [0.5, 0.6) is 0 Å². The fourth-order valence-corrected chi connectivity index (χ4v) is 2.46. The number of nitrogens with one attached hydrogen (secondary N) is 1. The minimum atomic E-state index is -4.54. The summed E-state index contributed by atoms with van der Waals surface area (Å²) in [6.07, 6.45) is -4.54. The lowest BCUT2D eigenvalue weighted by molar-refractivity contribution is -0.137. The minimum absolute atomic E-state index is 0.0919. The Morgan fingerprint density at radius 1 is 1.04 bits per heavy atom. The fraction of sp³-hybridized carbons (Fsp3) is 0.222. The Bertz CT molecular complexity index is 802. The third-order valence-corrected chi connectivity index (χ3v) is 3.68. The highest BCUT2D eigenvalue weighted by molar-refractivity contribution is 6.06. The van der Waals surface area contributed by atoms with Gasteiger partial charge in [-0.25, -0.2) is 5.48 Å². The van der Waals surface area contributed by atoms with E-state index < -0.39 is 23.6 Å². The zero-order chi connectivity index (χ0) is 19.5. The van der Waals surface area contributed by atoms with Crippen molar-refractivity contribution in [3.05, 3.63) is 65.2 Å². The molecule has 0 heterocycles. The third-order valence-electron chi connectivity index (χ3n) is 3.68. The molecule has 0 saturated heterocycles. The average Bonchev–Trinajstić information content (AvgIpc) is 2.61. The summed E-state index contributed by atoms with van der Waals surface area (Å²) in [5.41, 5.74) is 1.09. The molecule has 0 aliphatic rings. The number of amides is 2. The lowest BCUT2D eigenvalue weighted by Gasteiger charge is -2.27. The standard InChI is InChI=1S/C18H17F3N2O3/c1-11(2)23(15-8-6-12(7-9-15)16(24)22-26)17(25)13-4-3-5-14(10-13)18(19,20)21/h3-11,26H,1-2H3,(H,22,24). The summed E-state index contributed by atoms with van der Waals surface area (Å²) in [5, 5.41) is 8.63. The molecule has 2 N–H and O–H groups in total. The number of nitrogens with zero attached hydrogens (tertiary/aromatic N) is 1. The highest BCUT2D eigenvalue weighted by Crippen LogP contribution is 2.30. The van der Waals surface area contributed by atoms with Crippen LogP contribution in [-0.2, 0) is 6.18 Å². The summed E-state index contributed by atoms with van der Waals surface area (Å²) in [7, 11) is 0. The number of rotatable bonds is 4. The molecule has 0 bridgehead atoms. The van der Waals surface area contributed by atoms with Crippen LogP contribution in [0.4, 0.5) is 18.9 Å². The number of carbonyl (C=O) groups is 2. The molecule has 0 spiro atoms. The van der Waals surface area contributed by atoms with Crippen molar-refractivity contribution in [3.8, 4) is 0 Å². The van der Waals surface area contributed by atoms with Crippen LogP contribution >= 0.6 is 0 Å². The molecule has 2 amide bonds. The number of hydroxylamine groups is 1. The molecule has 138 valence electrons. The Morgan fingerprint density at radius 3 is 2.15 bits per heavy atom. The van der Waals surface area contributed by atoms with Gasteiger partial charge in [0, 0.05) is 22.9 Å². The molecule has 2 aromatic rings. The second-order valence-electron chi connectivity index (χ2n) is 5.84. The van der Waals surface area contributed by atoms with Gasteiger partial charge in [0.1, 0.15) is 0 Å². The molecule has 0 radical (unpaired) electrons. The van der Waals surface area contributed by atoms with Crippen LogP contribution in [0.25, 0.3) is 0 Å². The van der Waals surface area contributed by atoms with Crippen LogP contribution in [0, 0.1) is 0 Å². The SMILES string of the molecule is CC(C)N(C(=O)c1cccc(C(F)(F)F)c1)c1ccc(C(=O)NO)cc1. The number of hydrogen-bond acceptors (Lipinski definition) is 3. The van der Waals surface area contributed by atoms with E-state index in [4.69, 9.17) is 5.21 Å². The van der Waals surface area contributed by atoms with Crippen molar-refractivity contribution in [2.24, 2.45) is 0 Å². The number of carbonyl (C=O) groups excluding carboxylic acids is 2. The van der Waals surface area contributed by atoms with E-state index in [1.165, 1.54) is 46.8 Å². The number of benzene rings is 2. The maximum Gasteiger partial charge on any atom is 0.416 e. The average molecular weight is 366 g/mol. The number of alkyl halides is 3. The molecular weight excluding hydrogens is 349 g/mol. The topological polar surface area (TPSA) is 69.6 Å². The largest absolute Gasteiger partial charge is 0.416 e. The van der Waals surface area contributed by atoms with Crippen molar-refractivity contribution in [2.45, 2.75) is 26.1 Å². The smallest absolute Gasteiger partial charge is 0.306 e. The lowest BCUT2D eigenvalue weighted by Crippen LogP contribution is -2.37. The maximum absolute atomic E-state index is 12.9. The Hall–Kier alpha value is -2.87. The second-order valence-corrected chi connectivity index (χ2v) is 5.84. The molecule has 0 aromatic heterocycles. The molecule has 2 aromatic carbocycles. The molecule has 2 rings (SSSR count). The van der Waals surface area contributed by atoms with Crippen molar-refractivity contribution in [1.82, 2.24) is 5.48 Å². The summed E-state index contributed by atoms with van der Waals surface area (Å²) in [6.45, 7) is 3.44. The monoisotopic (exact) mass is 366 g/mol. The fourth-order valence-electron chi connectivity index (χ4n) is 2.46. The van der Waals surface area contributed by atoms with Crippen LogP contribution in [-0.4, -0.2) is 23.1 Å². The summed E-state index contributed by atoms with van der Waals surface area (Å²) >= 11 is 0. The van der Waals surface area contributed by atoms with Crippen LogP contribution < -0.4 is 10.4 Å². The van der Waals surface area contributed by atoms with E-state index in [9.17, 15) is 22.8 Å². The quantitative estimate of drug-likeness (QED) is 0.637. The van der Waals surface area contributed by atoms with Gasteiger partial charge >= 0.3 is 6.18 Å². The molecule has 5 nitrogen and oxygen atoms in total. The molecule has 0 fully saturated rings. The van der Waals surface area contributed by atoms with Crippen molar-refractivity contribution < 1.29 is 28.0 Å². The second kappa shape index (κ2) is 7.57. The Labute approximate surface area is 148 Å². The van der Waals surface area contributed by atoms with E-state index in [0.29, 0.717) is 5.69 Å². The molecule has 0 unspecified atom stereocenters. The predicted molar refractivity (Wildman–Crippen MR) is 89.1 cm³/mol. The van der Waals surface area contributed by atoms with Gasteiger partial charge in [0.25, 0.3) is 11.8 Å². The van der Waals surface area contributed by atoms with Crippen molar-refractivity contribution in [3.63, 3.8) is 0 Å². The van der Waals surface area contributed by atoms with E-state index >= 15 is 0 Å². The van der Waals surface area contributed by atoms with Crippen LogP contribution in [0.3, 0.4) is 0 Å². The van der Waals surface area contributed by atoms with E-state index in [-0.39, 0.29) is 17.2 Å². The molecule has 8 heteroatoms. The molecule has 26 heavy (non-hydrogen) atoms. The summed E-state index contributed by atoms with van der Waals surface area (Å²) in [4.78, 5) is 25.5. The summed E-state index contributed by atoms with van der Waals surface area (Å²) in [5.74, 6) is -1.30. The van der Waals surface area contributed by atoms with Crippen LogP contribution in [0.2, 0.25) is 0 Å². The van der Waals surface area contributed by atoms with Gasteiger partial charge in [0.2, 0.25) is 0 Å². The van der Waals surface area contributed by atoms with Gasteiger partial charge in [-0.05, 0) is 56.3 Å². The normalized spacial score (nSPS) is 11.3. The zero-order valence-electron chi connectivity index (χ0n) is 14.0. The van der Waals surface area contributed by atoms with E-state index in [1.807, 2.05) is 0 Å². The maximum atomic E-state index is 12.9. The molecule has 0 aliphatic carbocycles. The molecule has 0 aliphatic heterocycles. The van der Waals surface area contributed by atoms with Gasteiger partial charge < -0.3 is 4.90 Å². The van der Waals surface area contributed by atoms with Gasteiger partial charge in [-0.2, -0.15) is 13.2 Å². The zero-order valence-corrected chi connectivity index (χ0v) is 14.0. The first kappa shape index (κ1) is 19.5. The van der Waals surface area contributed by atoms with Crippen LogP contribution in [0.1, 0.15) is 40.1 Å². The Morgan fingerprint density at radius 2 is 1.65 bits per heavy atom. The van der Waals surface area contributed by atoms with Gasteiger partial charge in [0.05, 0.1) is 5.56 Å². The minimum Gasteiger partial charge on any atom is -0.306 e. The first-order valence-corrected chi connectivity index (χ1v) is 7.70. The van der Waals surface area contributed by atoms with Gasteiger partial charge in [-0.15, -0.1) is 0 Å². The van der Waals surface area contributed by atoms with E-state index in [0.717, 1.165) is 12.1 Å². The first-order valence-electron chi connectivity index (χ1n) is 7.70. The van der Waals surface area contributed by atoms with Crippen molar-refractivity contribution in [2.75, 3.05) is 4.90 Å². The van der Waals surface area contributed by atoms with Crippen molar-refractivity contribution >= 4 is 17.5 Å². The highest BCUT2D eigenvalue weighted by atomic mass is 19.4. The van der Waals surface area contributed by atoms with Gasteiger partial charge in [0.15, 0.2) is 0 Å². The predicted octanol–water partition coefficient (Wildman–Crippen LogP) is 3.88. The summed E-state index contributed by atoms with van der Waals surface area (Å²) < 4.78 is 38.7. The summed E-state index contributed by atoms with van der Waals surface area (Å²) in [6, 6.07) is 9.64. The Kier molecular flexibility index (Phi) is 5.66. The van der Waals surface area contributed by atoms with Crippen LogP contribution in [0.15, 0.2) is 48.5 Å². The van der Waals surface area contributed by atoms with Gasteiger partial charge in [-0.3, -0.25) is 14.8 Å². The number of anilines is 1. The lowest BCUT2D eigenvalue weighted by atomic mass is 10.1. The first-order chi connectivity index (χ1) is 12.1. The highest BCUT2D eigenvalue weighted by Gasteiger charge is 2.31. The number of hydrogen-bond donors (Lipinski definition) is 2. The van der Waals surface area contributed by atoms with Crippen molar-refractivity contribution in [1.29, 1.82) is 0 Å². The van der Waals surface area contributed by atoms with E-state index in [2.05, 4.69) is 0 Å².